The molecule has 0 bridgehead atoms. The third kappa shape index (κ3) is 2.78. The highest BCUT2D eigenvalue weighted by Crippen LogP contribution is 2.29. The van der Waals surface area contributed by atoms with Gasteiger partial charge in [0.15, 0.2) is 0 Å². The first-order chi connectivity index (χ1) is 12.3. The van der Waals surface area contributed by atoms with Crippen molar-refractivity contribution in [3.63, 3.8) is 0 Å². The molecule has 0 spiro atoms. The summed E-state index contributed by atoms with van der Waals surface area (Å²) in [5, 5.41) is 7.71. The number of benzene rings is 1. The van der Waals surface area contributed by atoms with E-state index < -0.39 is 10.0 Å². The third-order valence-electron chi connectivity index (χ3n) is 4.25. The Hall–Kier alpha value is -2.98. The Morgan fingerprint density at radius 3 is 2.73 bits per heavy atom. The number of nitrogen functional groups attached to an aromatic ring is 1. The maximum Gasteiger partial charge on any atom is 0.211 e. The first-order valence-electron chi connectivity index (χ1n) is 7.82. The minimum absolute atomic E-state index is 0.126. The van der Waals surface area contributed by atoms with Crippen LogP contribution in [-0.2, 0) is 16.6 Å². The maximum absolute atomic E-state index is 11.6. The zero-order chi connectivity index (χ0) is 18.5. The number of nitrogens with one attached hydrogen (secondary N) is 2. The van der Waals surface area contributed by atoms with Crippen LogP contribution in [0.15, 0.2) is 30.5 Å². The van der Waals surface area contributed by atoms with E-state index in [2.05, 4.69) is 25.1 Å². The van der Waals surface area contributed by atoms with Gasteiger partial charge in [-0.25, -0.2) is 18.4 Å². The summed E-state index contributed by atoms with van der Waals surface area (Å²) < 4.78 is 24.5. The predicted octanol–water partition coefficient (Wildman–Crippen LogP) is 1.47. The molecule has 3 heterocycles. The molecule has 0 aliphatic carbocycles. The zero-order valence-electron chi connectivity index (χ0n) is 14.2. The minimum atomic E-state index is -3.30. The minimum Gasteiger partial charge on any atom is -0.382 e. The molecule has 0 fully saturated rings. The molecule has 0 aliphatic rings. The van der Waals surface area contributed by atoms with E-state index in [1.54, 1.807) is 6.20 Å². The highest BCUT2D eigenvalue weighted by molar-refractivity contribution is 7.88. The lowest BCUT2D eigenvalue weighted by molar-refractivity contribution is 0.464. The molecule has 0 aliphatic heterocycles. The highest BCUT2D eigenvalue weighted by atomic mass is 32.2. The lowest BCUT2D eigenvalue weighted by Crippen LogP contribution is -2.25. The largest absolute Gasteiger partial charge is 0.382 e. The summed E-state index contributed by atoms with van der Waals surface area (Å²) in [6.45, 7) is 0.126. The van der Waals surface area contributed by atoms with Crippen molar-refractivity contribution in [2.45, 2.75) is 6.54 Å². The van der Waals surface area contributed by atoms with Gasteiger partial charge in [-0.1, -0.05) is 6.07 Å². The molecule has 4 N–H and O–H groups in total. The average Bonchev–Trinajstić information content (AvgIpc) is 3.23. The van der Waals surface area contributed by atoms with Gasteiger partial charge in [0.2, 0.25) is 10.0 Å². The molecule has 0 saturated heterocycles. The van der Waals surface area contributed by atoms with Crippen molar-refractivity contribution in [3.05, 3.63) is 36.3 Å². The van der Waals surface area contributed by atoms with E-state index in [9.17, 15) is 8.42 Å². The van der Waals surface area contributed by atoms with E-state index in [0.29, 0.717) is 28.2 Å². The molecule has 4 rings (SSSR count). The Balaban J connectivity index is 1.84. The van der Waals surface area contributed by atoms with Crippen molar-refractivity contribution >= 4 is 37.8 Å². The SMILES string of the molecule is CN(Cc1nc2c([nH]1)c(N)nc1cc(-c3ccn[nH]3)ccc12)S(C)(=O)=O. The first-order valence-corrected chi connectivity index (χ1v) is 9.66. The summed E-state index contributed by atoms with van der Waals surface area (Å²) in [4.78, 5) is 12.1. The number of hydrogen-bond donors (Lipinski definition) is 3. The fraction of sp³-hybridized carbons (Fsp3) is 0.188. The Kier molecular flexibility index (Phi) is 3.67. The van der Waals surface area contributed by atoms with Crippen molar-refractivity contribution in [2.24, 2.45) is 0 Å². The second kappa shape index (κ2) is 5.78. The van der Waals surface area contributed by atoms with Crippen LogP contribution in [0.2, 0.25) is 0 Å². The van der Waals surface area contributed by atoms with E-state index in [0.717, 1.165) is 22.9 Å². The number of aromatic nitrogens is 5. The van der Waals surface area contributed by atoms with E-state index in [4.69, 9.17) is 5.73 Å². The summed E-state index contributed by atoms with van der Waals surface area (Å²) in [6.07, 6.45) is 2.83. The smallest absolute Gasteiger partial charge is 0.211 e. The summed E-state index contributed by atoms with van der Waals surface area (Å²) >= 11 is 0. The number of nitrogens with two attached hydrogens (primary N) is 1. The van der Waals surface area contributed by atoms with Crippen LogP contribution in [-0.4, -0.2) is 51.2 Å². The molecule has 9 nitrogen and oxygen atoms in total. The number of aromatic amines is 2. The van der Waals surface area contributed by atoms with Gasteiger partial charge in [0.25, 0.3) is 0 Å². The second-order valence-corrected chi connectivity index (χ2v) is 8.21. The molecule has 10 heteroatoms. The van der Waals surface area contributed by atoms with Gasteiger partial charge in [0, 0.05) is 24.2 Å². The lowest BCUT2D eigenvalue weighted by atomic mass is 10.1. The van der Waals surface area contributed by atoms with Crippen molar-refractivity contribution in [1.29, 1.82) is 0 Å². The molecule has 134 valence electrons. The first kappa shape index (κ1) is 16.5. The van der Waals surface area contributed by atoms with Crippen LogP contribution in [0, 0.1) is 0 Å². The number of sulfonamides is 1. The number of imidazole rings is 1. The number of H-pyrrole nitrogens is 2. The number of hydrogen-bond acceptors (Lipinski definition) is 6. The van der Waals surface area contributed by atoms with E-state index in [1.807, 2.05) is 24.3 Å². The van der Waals surface area contributed by atoms with Gasteiger partial charge in [0.1, 0.15) is 22.7 Å². The van der Waals surface area contributed by atoms with Crippen LogP contribution in [0.1, 0.15) is 5.82 Å². The Labute approximate surface area is 149 Å². The molecule has 0 unspecified atom stereocenters. The molecule has 0 atom stereocenters. The van der Waals surface area contributed by atoms with Crippen LogP contribution in [0.25, 0.3) is 33.2 Å². The average molecular weight is 371 g/mol. The fourth-order valence-electron chi connectivity index (χ4n) is 2.80. The zero-order valence-corrected chi connectivity index (χ0v) is 15.0. The van der Waals surface area contributed by atoms with Crippen molar-refractivity contribution in [1.82, 2.24) is 29.5 Å². The molecule has 0 amide bonds. The van der Waals surface area contributed by atoms with Gasteiger partial charge in [-0.2, -0.15) is 9.40 Å². The number of pyridine rings is 1. The standard InChI is InChI=1S/C16H17N7O2S/c1-23(26(2,24)25)8-13-20-14-10-4-3-9(11-5-6-18-22-11)7-12(10)19-16(17)15(14)21-13/h3-7H,8H2,1-2H3,(H2,17,19)(H,18,22)(H,20,21). The summed E-state index contributed by atoms with van der Waals surface area (Å²) in [7, 11) is -1.81. The van der Waals surface area contributed by atoms with Gasteiger partial charge in [0.05, 0.1) is 24.0 Å². The quantitative estimate of drug-likeness (QED) is 0.497. The topological polar surface area (TPSA) is 134 Å². The maximum atomic E-state index is 11.6. The predicted molar refractivity (Wildman–Crippen MR) is 99.7 cm³/mol. The van der Waals surface area contributed by atoms with E-state index >= 15 is 0 Å². The van der Waals surface area contributed by atoms with Crippen LogP contribution >= 0.6 is 0 Å². The molecular weight excluding hydrogens is 354 g/mol. The molecule has 1 aromatic carbocycles. The van der Waals surface area contributed by atoms with E-state index in [1.165, 1.54) is 11.4 Å². The Bertz CT molecular complexity index is 1210. The van der Waals surface area contributed by atoms with Crippen LogP contribution in [0.5, 0.6) is 0 Å². The number of nitrogens with zero attached hydrogens (tertiary/aromatic N) is 4. The van der Waals surface area contributed by atoms with Crippen molar-refractivity contribution < 1.29 is 8.42 Å². The second-order valence-electron chi connectivity index (χ2n) is 6.13. The summed E-state index contributed by atoms with van der Waals surface area (Å²) in [5.41, 5.74) is 9.88. The number of anilines is 1. The Morgan fingerprint density at radius 2 is 2.04 bits per heavy atom. The van der Waals surface area contributed by atoms with Crippen LogP contribution in [0.3, 0.4) is 0 Å². The molecular formula is C16H17N7O2S. The van der Waals surface area contributed by atoms with Gasteiger partial charge in [-0.15, -0.1) is 0 Å². The van der Waals surface area contributed by atoms with Crippen molar-refractivity contribution in [2.75, 3.05) is 19.0 Å². The third-order valence-corrected chi connectivity index (χ3v) is 5.51. The summed E-state index contributed by atoms with van der Waals surface area (Å²) in [5.74, 6) is 0.821. The van der Waals surface area contributed by atoms with Gasteiger partial charge >= 0.3 is 0 Å². The molecule has 3 aromatic heterocycles. The van der Waals surface area contributed by atoms with Crippen molar-refractivity contribution in [3.8, 4) is 11.3 Å². The molecule has 26 heavy (non-hydrogen) atoms. The number of rotatable bonds is 4. The lowest BCUT2D eigenvalue weighted by Gasteiger charge is -2.11. The highest BCUT2D eigenvalue weighted by Gasteiger charge is 2.17. The molecule has 0 radical (unpaired) electrons. The normalized spacial score (nSPS) is 12.4. The monoisotopic (exact) mass is 371 g/mol. The van der Waals surface area contributed by atoms with Gasteiger partial charge < -0.3 is 10.7 Å². The number of fused-ring (bicyclic) bond motifs is 3. The van der Waals surface area contributed by atoms with Crippen LogP contribution < -0.4 is 5.73 Å². The summed E-state index contributed by atoms with van der Waals surface area (Å²) in [6, 6.07) is 7.65. The molecule has 0 saturated carbocycles. The van der Waals surface area contributed by atoms with Gasteiger partial charge in [-0.3, -0.25) is 5.10 Å². The Morgan fingerprint density at radius 1 is 1.23 bits per heavy atom. The fourth-order valence-corrected chi connectivity index (χ4v) is 3.16. The van der Waals surface area contributed by atoms with Gasteiger partial charge in [-0.05, 0) is 18.2 Å². The van der Waals surface area contributed by atoms with Crippen LogP contribution in [0.4, 0.5) is 5.82 Å². The molecule has 4 aromatic rings. The van der Waals surface area contributed by atoms with E-state index in [-0.39, 0.29) is 6.54 Å².